The molecule has 0 bridgehead atoms. The third-order valence-electron chi connectivity index (χ3n) is 4.36. The first-order chi connectivity index (χ1) is 13.5. The van der Waals surface area contributed by atoms with Crippen LogP contribution in [-0.2, 0) is 0 Å². The second kappa shape index (κ2) is 9.05. The van der Waals surface area contributed by atoms with Crippen LogP contribution in [0.1, 0.15) is 17.5 Å². The predicted molar refractivity (Wildman–Crippen MR) is 120 cm³/mol. The SMILES string of the molecule is C=CC1=C(c2cc(Nc3ccnc(Cl)c3C#N)ccc2N(C)C)NCCCS1. The van der Waals surface area contributed by atoms with Gasteiger partial charge in [0, 0.05) is 48.7 Å². The molecule has 0 fully saturated rings. The van der Waals surface area contributed by atoms with Gasteiger partial charge in [0.2, 0.25) is 0 Å². The Bertz CT molecular complexity index is 962. The molecule has 1 aromatic carbocycles. The number of thioether (sulfide) groups is 1. The second-order valence-electron chi connectivity index (χ2n) is 6.46. The van der Waals surface area contributed by atoms with Crippen molar-refractivity contribution in [3.63, 3.8) is 0 Å². The molecule has 144 valence electrons. The number of pyridine rings is 1. The summed E-state index contributed by atoms with van der Waals surface area (Å²) >= 11 is 7.88. The standard InChI is InChI=1S/C21H22ClN5S/c1-4-19-20(24-9-5-11-28-19)15-12-14(6-7-18(15)27(2)3)26-17-8-10-25-21(22)16(17)13-23/h4,6-8,10,12,24H,1,5,9,11H2,2-3H3,(H,25,26). The number of nitrogens with one attached hydrogen (secondary N) is 2. The van der Waals surface area contributed by atoms with Crippen LogP contribution < -0.4 is 15.5 Å². The highest BCUT2D eigenvalue weighted by Crippen LogP contribution is 2.36. The van der Waals surface area contributed by atoms with E-state index in [1.54, 1.807) is 12.3 Å². The molecule has 1 aromatic heterocycles. The van der Waals surface area contributed by atoms with Crippen molar-refractivity contribution in [3.8, 4) is 6.07 Å². The molecule has 0 amide bonds. The van der Waals surface area contributed by atoms with Crippen molar-refractivity contribution in [2.75, 3.05) is 36.6 Å². The molecule has 7 heteroatoms. The predicted octanol–water partition coefficient (Wildman–Crippen LogP) is 5.00. The number of anilines is 3. The molecule has 0 saturated heterocycles. The first-order valence-corrected chi connectivity index (χ1v) is 10.3. The molecule has 2 N–H and O–H groups in total. The molecular formula is C21H22ClN5S. The molecule has 3 rings (SSSR count). The van der Waals surface area contributed by atoms with Crippen LogP contribution in [0, 0.1) is 11.3 Å². The fourth-order valence-electron chi connectivity index (χ4n) is 3.02. The minimum Gasteiger partial charge on any atom is -0.384 e. The van der Waals surface area contributed by atoms with E-state index in [4.69, 9.17) is 11.6 Å². The third-order valence-corrected chi connectivity index (χ3v) is 5.82. The van der Waals surface area contributed by atoms with E-state index in [2.05, 4.69) is 45.3 Å². The number of benzene rings is 1. The van der Waals surface area contributed by atoms with Gasteiger partial charge in [-0.15, -0.1) is 11.8 Å². The maximum atomic E-state index is 9.40. The number of halogens is 1. The fourth-order valence-corrected chi connectivity index (χ4v) is 4.18. The van der Waals surface area contributed by atoms with E-state index >= 15 is 0 Å². The Kier molecular flexibility index (Phi) is 6.50. The van der Waals surface area contributed by atoms with Gasteiger partial charge in [0.05, 0.1) is 11.4 Å². The van der Waals surface area contributed by atoms with Crippen molar-refractivity contribution in [2.45, 2.75) is 6.42 Å². The van der Waals surface area contributed by atoms with Crippen molar-refractivity contribution in [3.05, 3.63) is 64.3 Å². The molecule has 28 heavy (non-hydrogen) atoms. The topological polar surface area (TPSA) is 64.0 Å². The van der Waals surface area contributed by atoms with Gasteiger partial charge in [0.15, 0.2) is 0 Å². The smallest absolute Gasteiger partial charge is 0.148 e. The lowest BCUT2D eigenvalue weighted by molar-refractivity contribution is 0.835. The zero-order valence-electron chi connectivity index (χ0n) is 15.9. The first kappa shape index (κ1) is 20.1. The summed E-state index contributed by atoms with van der Waals surface area (Å²) in [6.45, 7) is 4.91. The molecule has 0 unspecified atom stereocenters. The van der Waals surface area contributed by atoms with E-state index in [1.165, 1.54) is 0 Å². The minimum absolute atomic E-state index is 0.191. The van der Waals surface area contributed by atoms with Crippen LogP contribution in [0.3, 0.4) is 0 Å². The zero-order valence-corrected chi connectivity index (χ0v) is 17.5. The number of nitrogens with zero attached hydrogens (tertiary/aromatic N) is 3. The van der Waals surface area contributed by atoms with E-state index in [0.29, 0.717) is 11.3 Å². The third kappa shape index (κ3) is 4.27. The van der Waals surface area contributed by atoms with Crippen molar-refractivity contribution < 1.29 is 0 Å². The summed E-state index contributed by atoms with van der Waals surface area (Å²) in [6, 6.07) is 10.0. The Balaban J connectivity index is 2.08. The van der Waals surface area contributed by atoms with Gasteiger partial charge in [-0.3, -0.25) is 0 Å². The highest BCUT2D eigenvalue weighted by molar-refractivity contribution is 8.03. The van der Waals surface area contributed by atoms with Gasteiger partial charge in [0.25, 0.3) is 0 Å². The summed E-state index contributed by atoms with van der Waals surface area (Å²) in [5, 5.41) is 16.5. The molecule has 1 aliphatic heterocycles. The molecule has 0 atom stereocenters. The van der Waals surface area contributed by atoms with Gasteiger partial charge >= 0.3 is 0 Å². The minimum atomic E-state index is 0.191. The quantitative estimate of drug-likeness (QED) is 0.675. The summed E-state index contributed by atoms with van der Waals surface area (Å²) in [5.74, 6) is 1.06. The average molecular weight is 412 g/mol. The van der Waals surface area contributed by atoms with Crippen LogP contribution >= 0.6 is 23.4 Å². The Hall–Kier alpha value is -2.62. The highest BCUT2D eigenvalue weighted by Gasteiger charge is 2.17. The lowest BCUT2D eigenvalue weighted by atomic mass is 10.1. The van der Waals surface area contributed by atoms with Crippen molar-refractivity contribution >= 4 is 46.1 Å². The Morgan fingerprint density at radius 3 is 2.93 bits per heavy atom. The number of aromatic nitrogens is 1. The van der Waals surface area contributed by atoms with Gasteiger partial charge < -0.3 is 15.5 Å². The van der Waals surface area contributed by atoms with Crippen LogP contribution in [-0.4, -0.2) is 31.4 Å². The molecule has 5 nitrogen and oxygen atoms in total. The normalized spacial score (nSPS) is 13.9. The summed E-state index contributed by atoms with van der Waals surface area (Å²) in [4.78, 5) is 7.21. The van der Waals surface area contributed by atoms with Crippen molar-refractivity contribution in [1.29, 1.82) is 5.26 Å². The molecular weight excluding hydrogens is 390 g/mol. The van der Waals surface area contributed by atoms with Crippen molar-refractivity contribution in [2.24, 2.45) is 0 Å². The monoisotopic (exact) mass is 411 g/mol. The Morgan fingerprint density at radius 2 is 2.21 bits per heavy atom. The van der Waals surface area contributed by atoms with Crippen LogP contribution in [0.2, 0.25) is 5.15 Å². The van der Waals surface area contributed by atoms with E-state index in [0.717, 1.165) is 46.3 Å². The maximum Gasteiger partial charge on any atom is 0.148 e. The Labute approximate surface area is 175 Å². The molecule has 0 saturated carbocycles. The van der Waals surface area contributed by atoms with Crippen molar-refractivity contribution in [1.82, 2.24) is 10.3 Å². The summed E-state index contributed by atoms with van der Waals surface area (Å²) in [6.07, 6.45) is 4.60. The number of nitriles is 1. The fraction of sp³-hybridized carbons (Fsp3) is 0.238. The first-order valence-electron chi connectivity index (χ1n) is 8.92. The summed E-state index contributed by atoms with van der Waals surface area (Å²) in [5.41, 5.74) is 5.09. The summed E-state index contributed by atoms with van der Waals surface area (Å²) in [7, 11) is 4.06. The van der Waals surface area contributed by atoms with Gasteiger partial charge in [-0.1, -0.05) is 24.3 Å². The van der Waals surface area contributed by atoms with Crippen LogP contribution in [0.15, 0.2) is 48.0 Å². The number of hydrogen-bond acceptors (Lipinski definition) is 6. The van der Waals surface area contributed by atoms with Crippen LogP contribution in [0.4, 0.5) is 17.1 Å². The number of allylic oxidation sites excluding steroid dienone is 1. The largest absolute Gasteiger partial charge is 0.384 e. The van der Waals surface area contributed by atoms with Gasteiger partial charge in [-0.2, -0.15) is 5.26 Å². The maximum absolute atomic E-state index is 9.40. The second-order valence-corrected chi connectivity index (χ2v) is 7.95. The molecule has 1 aliphatic rings. The average Bonchev–Trinajstić information content (AvgIpc) is 2.93. The highest BCUT2D eigenvalue weighted by atomic mass is 35.5. The lowest BCUT2D eigenvalue weighted by Gasteiger charge is -2.22. The number of rotatable bonds is 5. The summed E-state index contributed by atoms with van der Waals surface area (Å²) < 4.78 is 0. The molecule has 0 aliphatic carbocycles. The van der Waals surface area contributed by atoms with Gasteiger partial charge in [-0.25, -0.2) is 4.98 Å². The lowest BCUT2D eigenvalue weighted by Crippen LogP contribution is -2.18. The number of hydrogen-bond donors (Lipinski definition) is 2. The van der Waals surface area contributed by atoms with E-state index < -0.39 is 0 Å². The van der Waals surface area contributed by atoms with E-state index in [1.807, 2.05) is 38.0 Å². The molecule has 2 heterocycles. The van der Waals surface area contributed by atoms with Crippen LogP contribution in [0.5, 0.6) is 0 Å². The van der Waals surface area contributed by atoms with E-state index in [9.17, 15) is 5.26 Å². The van der Waals surface area contributed by atoms with Gasteiger partial charge in [0.1, 0.15) is 16.8 Å². The zero-order chi connectivity index (χ0) is 20.1. The molecule has 0 radical (unpaired) electrons. The molecule has 0 spiro atoms. The van der Waals surface area contributed by atoms with Gasteiger partial charge in [-0.05, 0) is 36.4 Å². The van der Waals surface area contributed by atoms with Crippen LogP contribution in [0.25, 0.3) is 5.70 Å². The molecule has 2 aromatic rings. The Morgan fingerprint density at radius 1 is 1.39 bits per heavy atom. The van der Waals surface area contributed by atoms with E-state index in [-0.39, 0.29) is 5.15 Å².